The molecule has 0 radical (unpaired) electrons. The fourth-order valence-electron chi connectivity index (χ4n) is 2.27. The summed E-state index contributed by atoms with van der Waals surface area (Å²) >= 11 is 3.49. The molecule has 2 saturated heterocycles. The van der Waals surface area contributed by atoms with Gasteiger partial charge in [-0.15, -0.1) is 0 Å². The number of nitrogens with zero attached hydrogens (tertiary/aromatic N) is 2. The van der Waals surface area contributed by atoms with Crippen molar-refractivity contribution in [2.75, 3.05) is 6.61 Å². The molecule has 0 bridgehead atoms. The summed E-state index contributed by atoms with van der Waals surface area (Å²) in [7, 11) is 1.93. The predicted molar refractivity (Wildman–Crippen MR) is 52.9 cm³/mol. The predicted octanol–water partition coefficient (Wildman–Crippen LogP) is 1.20. The molecule has 14 heavy (non-hydrogen) atoms. The van der Waals surface area contributed by atoms with Crippen LogP contribution in [0.2, 0.25) is 0 Å². The summed E-state index contributed by atoms with van der Waals surface area (Å²) in [5, 5.41) is 4.19. The number of hydrogen-bond acceptors (Lipinski definition) is 3. The van der Waals surface area contributed by atoms with Crippen LogP contribution < -0.4 is 0 Å². The van der Waals surface area contributed by atoms with Crippen LogP contribution in [-0.4, -0.2) is 28.6 Å². The third-order valence-electron chi connectivity index (χ3n) is 3.02. The van der Waals surface area contributed by atoms with Gasteiger partial charge in [-0.3, -0.25) is 4.68 Å². The van der Waals surface area contributed by atoms with Gasteiger partial charge in [-0.05, 0) is 22.9 Å². The van der Waals surface area contributed by atoms with Gasteiger partial charge in [0.25, 0.3) is 0 Å². The molecule has 3 heterocycles. The number of fused-ring (bicyclic) bond motifs is 1. The molecule has 0 N–H and O–H groups in total. The van der Waals surface area contributed by atoms with Crippen LogP contribution in [0.3, 0.4) is 0 Å². The fourth-order valence-corrected chi connectivity index (χ4v) is 2.96. The van der Waals surface area contributed by atoms with E-state index in [1.807, 2.05) is 18.7 Å². The lowest BCUT2D eigenvalue weighted by atomic mass is 10.0. The second-order valence-electron chi connectivity index (χ2n) is 3.91. The topological polar surface area (TPSA) is 39.6 Å². The molecule has 0 amide bonds. The van der Waals surface area contributed by atoms with Gasteiger partial charge in [0.15, 0.2) is 5.60 Å². The molecule has 2 aliphatic heterocycles. The molecule has 3 atom stereocenters. The molecule has 0 aliphatic carbocycles. The van der Waals surface area contributed by atoms with Gasteiger partial charge in [-0.1, -0.05) is 0 Å². The minimum atomic E-state index is -0.233. The average Bonchev–Trinajstić information content (AvgIpc) is 2.67. The zero-order valence-corrected chi connectivity index (χ0v) is 9.61. The average molecular weight is 259 g/mol. The molecule has 0 aromatic carbocycles. The molecule has 1 aromatic heterocycles. The van der Waals surface area contributed by atoms with Crippen LogP contribution in [0, 0.1) is 0 Å². The van der Waals surface area contributed by atoms with E-state index >= 15 is 0 Å². The minimum absolute atomic E-state index is 0.191. The van der Waals surface area contributed by atoms with Crippen LogP contribution in [-0.2, 0) is 22.1 Å². The van der Waals surface area contributed by atoms with Gasteiger partial charge in [0.05, 0.1) is 29.1 Å². The summed E-state index contributed by atoms with van der Waals surface area (Å²) in [4.78, 5) is 0. The number of rotatable bonds is 1. The smallest absolute Gasteiger partial charge is 0.163 e. The normalized spacial score (nSPS) is 39.9. The Labute approximate surface area is 90.3 Å². The van der Waals surface area contributed by atoms with E-state index in [4.69, 9.17) is 9.47 Å². The van der Waals surface area contributed by atoms with Crippen molar-refractivity contribution in [1.29, 1.82) is 0 Å². The zero-order valence-electron chi connectivity index (χ0n) is 8.03. The molecule has 0 unspecified atom stereocenters. The SMILES string of the molecule is C[C@@H]1OC[C@]2(c3c(Br)cnn3C)O[C@@H]12. The maximum Gasteiger partial charge on any atom is 0.163 e. The molecule has 4 nitrogen and oxygen atoms in total. The standard InChI is InChI=1S/C9H11BrN2O2/c1-5-8-9(14-8,4-13-5)7-6(10)3-11-12(7)2/h3,5,8H,4H2,1-2H3/t5-,8-,9+/m0/s1. The molecule has 3 rings (SSSR count). The number of aromatic nitrogens is 2. The van der Waals surface area contributed by atoms with Crippen molar-refractivity contribution >= 4 is 15.9 Å². The summed E-state index contributed by atoms with van der Waals surface area (Å²) in [6.45, 7) is 2.68. The van der Waals surface area contributed by atoms with Crippen LogP contribution in [0.1, 0.15) is 12.6 Å². The Kier molecular flexibility index (Phi) is 1.64. The van der Waals surface area contributed by atoms with E-state index in [1.54, 1.807) is 6.20 Å². The Balaban J connectivity index is 2.05. The summed E-state index contributed by atoms with van der Waals surface area (Å²) in [6.07, 6.45) is 2.19. The second kappa shape index (κ2) is 2.59. The molecule has 2 fully saturated rings. The van der Waals surface area contributed by atoms with Crippen molar-refractivity contribution in [1.82, 2.24) is 9.78 Å². The molecular weight excluding hydrogens is 248 g/mol. The van der Waals surface area contributed by atoms with E-state index in [9.17, 15) is 0 Å². The largest absolute Gasteiger partial charge is 0.372 e. The lowest BCUT2D eigenvalue weighted by Gasteiger charge is -2.09. The summed E-state index contributed by atoms with van der Waals surface area (Å²) in [5.74, 6) is 0. The van der Waals surface area contributed by atoms with E-state index in [2.05, 4.69) is 21.0 Å². The van der Waals surface area contributed by atoms with Crippen LogP contribution in [0.5, 0.6) is 0 Å². The van der Waals surface area contributed by atoms with Crippen LogP contribution in [0.4, 0.5) is 0 Å². The van der Waals surface area contributed by atoms with Gasteiger partial charge >= 0.3 is 0 Å². The highest BCUT2D eigenvalue weighted by Crippen LogP contribution is 2.54. The maximum absolute atomic E-state index is 5.74. The second-order valence-corrected chi connectivity index (χ2v) is 4.76. The third kappa shape index (κ3) is 0.924. The monoisotopic (exact) mass is 258 g/mol. The fraction of sp³-hybridized carbons (Fsp3) is 0.667. The molecule has 0 spiro atoms. The van der Waals surface area contributed by atoms with E-state index in [0.29, 0.717) is 6.61 Å². The Bertz CT molecular complexity index is 373. The Morgan fingerprint density at radius 1 is 1.71 bits per heavy atom. The van der Waals surface area contributed by atoms with Crippen LogP contribution in [0.25, 0.3) is 0 Å². The van der Waals surface area contributed by atoms with Gasteiger partial charge in [0, 0.05) is 7.05 Å². The number of aryl methyl sites for hydroxylation is 1. The number of halogens is 1. The highest BCUT2D eigenvalue weighted by molar-refractivity contribution is 9.10. The molecule has 1 aromatic rings. The zero-order chi connectivity index (χ0) is 9.92. The summed E-state index contributed by atoms with van der Waals surface area (Å²) in [6, 6.07) is 0. The van der Waals surface area contributed by atoms with Crippen molar-refractivity contribution < 1.29 is 9.47 Å². The molecule has 76 valence electrons. The first-order valence-corrected chi connectivity index (χ1v) is 5.42. The number of epoxide rings is 1. The van der Waals surface area contributed by atoms with Crippen molar-refractivity contribution in [2.45, 2.75) is 24.7 Å². The lowest BCUT2D eigenvalue weighted by Crippen LogP contribution is -2.18. The third-order valence-corrected chi connectivity index (χ3v) is 3.60. The molecule has 0 saturated carbocycles. The highest BCUT2D eigenvalue weighted by atomic mass is 79.9. The minimum Gasteiger partial charge on any atom is -0.372 e. The van der Waals surface area contributed by atoms with E-state index < -0.39 is 0 Å². The van der Waals surface area contributed by atoms with Gasteiger partial charge in [-0.25, -0.2) is 0 Å². The van der Waals surface area contributed by atoms with Gasteiger partial charge in [0.2, 0.25) is 0 Å². The summed E-state index contributed by atoms with van der Waals surface area (Å²) in [5.41, 5.74) is 0.857. The van der Waals surface area contributed by atoms with Gasteiger partial charge in [0.1, 0.15) is 6.10 Å². The highest BCUT2D eigenvalue weighted by Gasteiger charge is 2.67. The van der Waals surface area contributed by atoms with Crippen molar-refractivity contribution in [3.63, 3.8) is 0 Å². The molecular formula is C9H11BrN2O2. The first kappa shape index (κ1) is 8.88. The first-order chi connectivity index (χ1) is 6.65. The maximum atomic E-state index is 5.74. The van der Waals surface area contributed by atoms with E-state index in [1.165, 1.54) is 0 Å². The van der Waals surface area contributed by atoms with Gasteiger partial charge < -0.3 is 9.47 Å². The first-order valence-electron chi connectivity index (χ1n) is 4.62. The lowest BCUT2D eigenvalue weighted by molar-refractivity contribution is 0.0170. The number of hydrogen-bond donors (Lipinski definition) is 0. The Morgan fingerprint density at radius 3 is 2.93 bits per heavy atom. The quantitative estimate of drug-likeness (QED) is 0.711. The van der Waals surface area contributed by atoms with Gasteiger partial charge in [-0.2, -0.15) is 5.10 Å². The molecule has 2 aliphatic rings. The molecule has 5 heteroatoms. The van der Waals surface area contributed by atoms with E-state index in [0.717, 1.165) is 10.2 Å². The van der Waals surface area contributed by atoms with Crippen molar-refractivity contribution in [3.05, 3.63) is 16.4 Å². The Morgan fingerprint density at radius 2 is 2.50 bits per heavy atom. The number of ether oxygens (including phenoxy) is 2. The Hall–Kier alpha value is -0.390. The van der Waals surface area contributed by atoms with Crippen LogP contribution >= 0.6 is 15.9 Å². The van der Waals surface area contributed by atoms with E-state index in [-0.39, 0.29) is 17.8 Å². The van der Waals surface area contributed by atoms with Crippen LogP contribution in [0.15, 0.2) is 10.7 Å². The summed E-state index contributed by atoms with van der Waals surface area (Å²) < 4.78 is 14.2. The van der Waals surface area contributed by atoms with Crippen molar-refractivity contribution in [2.24, 2.45) is 7.05 Å². The van der Waals surface area contributed by atoms with Crippen molar-refractivity contribution in [3.8, 4) is 0 Å².